The van der Waals surface area contributed by atoms with Crippen LogP contribution >= 0.6 is 0 Å². The fraction of sp³-hybridized carbons (Fsp3) is 0.660. The fourth-order valence-corrected chi connectivity index (χ4v) is 5.49. The molecule has 5 nitrogen and oxygen atoms in total. The summed E-state index contributed by atoms with van der Waals surface area (Å²) < 4.78 is 10.6. The highest BCUT2D eigenvalue weighted by atomic mass is 16.6. The second-order valence-corrected chi connectivity index (χ2v) is 13.7. The van der Waals surface area contributed by atoms with E-state index in [-0.39, 0.29) is 25.2 Å². The van der Waals surface area contributed by atoms with Crippen LogP contribution in [0.1, 0.15) is 181 Å². The quantitative estimate of drug-likeness (QED) is 0.0393. The van der Waals surface area contributed by atoms with Crippen molar-refractivity contribution in [1.29, 1.82) is 0 Å². The highest BCUT2D eigenvalue weighted by Gasteiger charge is 2.16. The molecule has 0 aliphatic carbocycles. The van der Waals surface area contributed by atoms with Crippen LogP contribution in [-0.2, 0) is 19.1 Å². The second kappa shape index (κ2) is 42.5. The molecular formula is C47H78O5. The Bertz CT molecular complexity index is 999. The first kappa shape index (κ1) is 49.1. The molecule has 0 aromatic heterocycles. The summed E-state index contributed by atoms with van der Waals surface area (Å²) in [6.07, 6.45) is 57.8. The van der Waals surface area contributed by atoms with Crippen LogP contribution in [0.2, 0.25) is 0 Å². The van der Waals surface area contributed by atoms with Crippen LogP contribution in [-0.4, -0.2) is 36.4 Å². The zero-order valence-corrected chi connectivity index (χ0v) is 33.5. The zero-order chi connectivity index (χ0) is 37.8. The number of ether oxygens (including phenoxy) is 2. The molecule has 0 aliphatic rings. The largest absolute Gasteiger partial charge is 0.462 e. The van der Waals surface area contributed by atoms with E-state index in [2.05, 4.69) is 98.9 Å². The van der Waals surface area contributed by atoms with Crippen LogP contribution in [0.25, 0.3) is 0 Å². The molecule has 0 spiro atoms. The highest BCUT2D eigenvalue weighted by molar-refractivity contribution is 5.70. The van der Waals surface area contributed by atoms with Crippen LogP contribution in [0.5, 0.6) is 0 Å². The van der Waals surface area contributed by atoms with Gasteiger partial charge >= 0.3 is 11.9 Å². The Morgan fingerprint density at radius 2 is 0.827 bits per heavy atom. The van der Waals surface area contributed by atoms with E-state index in [0.29, 0.717) is 12.8 Å². The van der Waals surface area contributed by atoms with E-state index in [1.165, 1.54) is 64.2 Å². The molecular weight excluding hydrogens is 645 g/mol. The monoisotopic (exact) mass is 723 g/mol. The number of unbranched alkanes of at least 4 members (excludes halogenated alkanes) is 15. The normalized spacial score (nSPS) is 13.1. The van der Waals surface area contributed by atoms with Crippen molar-refractivity contribution in [2.75, 3.05) is 13.2 Å². The number of carbonyl (C=O) groups is 2. The highest BCUT2D eigenvalue weighted by Crippen LogP contribution is 2.12. The summed E-state index contributed by atoms with van der Waals surface area (Å²) in [5.41, 5.74) is 0. The van der Waals surface area contributed by atoms with Crippen molar-refractivity contribution in [2.45, 2.75) is 187 Å². The lowest BCUT2D eigenvalue weighted by Gasteiger charge is -2.15. The maximum atomic E-state index is 12.2. The van der Waals surface area contributed by atoms with Gasteiger partial charge in [-0.2, -0.15) is 0 Å². The number of carbonyl (C=O) groups excluding carboxylic acids is 2. The lowest BCUT2D eigenvalue weighted by Crippen LogP contribution is -2.28. The number of esters is 2. The molecule has 1 atom stereocenters. The Morgan fingerprint density at radius 3 is 1.25 bits per heavy atom. The van der Waals surface area contributed by atoms with Crippen LogP contribution in [0.3, 0.4) is 0 Å². The van der Waals surface area contributed by atoms with Gasteiger partial charge < -0.3 is 14.6 Å². The van der Waals surface area contributed by atoms with Crippen molar-refractivity contribution in [2.24, 2.45) is 0 Å². The van der Waals surface area contributed by atoms with Crippen LogP contribution < -0.4 is 0 Å². The van der Waals surface area contributed by atoms with Gasteiger partial charge in [0, 0.05) is 12.8 Å². The van der Waals surface area contributed by atoms with E-state index >= 15 is 0 Å². The maximum Gasteiger partial charge on any atom is 0.306 e. The topological polar surface area (TPSA) is 72.8 Å². The van der Waals surface area contributed by atoms with Crippen molar-refractivity contribution in [1.82, 2.24) is 0 Å². The first-order valence-corrected chi connectivity index (χ1v) is 21.1. The number of rotatable bonds is 37. The Hall–Kier alpha value is -2.92. The third kappa shape index (κ3) is 39.9. The van der Waals surface area contributed by atoms with Gasteiger partial charge in [-0.25, -0.2) is 0 Å². The molecule has 0 bridgehead atoms. The lowest BCUT2D eigenvalue weighted by atomic mass is 10.1. The molecule has 0 rings (SSSR count). The summed E-state index contributed by atoms with van der Waals surface area (Å²) in [5, 5.41) is 9.58. The third-order valence-corrected chi connectivity index (χ3v) is 8.67. The van der Waals surface area contributed by atoms with Crippen LogP contribution in [0, 0.1) is 0 Å². The summed E-state index contributed by atoms with van der Waals surface area (Å²) in [6, 6.07) is 0. The average Bonchev–Trinajstić information content (AvgIpc) is 3.15. The van der Waals surface area contributed by atoms with E-state index in [9.17, 15) is 14.7 Å². The summed E-state index contributed by atoms with van der Waals surface area (Å²) in [6.45, 7) is 3.96. The molecule has 0 aromatic carbocycles. The summed E-state index contributed by atoms with van der Waals surface area (Å²) in [4.78, 5) is 24.3. The van der Waals surface area contributed by atoms with Gasteiger partial charge in [0.15, 0.2) is 6.10 Å². The van der Waals surface area contributed by atoms with Gasteiger partial charge in [-0.3, -0.25) is 9.59 Å². The molecule has 0 heterocycles. The minimum Gasteiger partial charge on any atom is -0.462 e. The molecule has 1 N–H and O–H groups in total. The summed E-state index contributed by atoms with van der Waals surface area (Å²) >= 11 is 0. The van der Waals surface area contributed by atoms with Gasteiger partial charge in [0.2, 0.25) is 0 Å². The van der Waals surface area contributed by atoms with Gasteiger partial charge in [0.05, 0.1) is 6.61 Å². The minimum atomic E-state index is -0.790. The van der Waals surface area contributed by atoms with Crippen molar-refractivity contribution < 1.29 is 24.2 Å². The first-order valence-electron chi connectivity index (χ1n) is 21.1. The van der Waals surface area contributed by atoms with E-state index in [1.54, 1.807) is 0 Å². The van der Waals surface area contributed by atoms with Gasteiger partial charge in [-0.05, 0) is 89.9 Å². The maximum absolute atomic E-state index is 12.2. The Balaban J connectivity index is 3.63. The SMILES string of the molecule is CC/C=C\C/C=C\C/C=C\C/C=C\CCCCCCCCC(=O)OC(CO)COC(=O)CCCCCCCC/C=C\C/C=C\C/C=C\CCCCC. The van der Waals surface area contributed by atoms with Crippen LogP contribution in [0.15, 0.2) is 85.1 Å². The smallest absolute Gasteiger partial charge is 0.306 e. The molecule has 52 heavy (non-hydrogen) atoms. The standard InChI is InChI=1S/C47H78O5/c1-3-5-7-9-11-13-15-17-19-21-23-25-27-29-31-33-35-37-39-41-46(49)51-44-45(43-48)52-47(50)42-40-38-36-34-32-30-28-26-24-22-20-18-16-14-12-10-8-6-4-2/h6,8,11-14,17-20,23-26,45,48H,3-5,7,9-10,15-16,21-22,27-44H2,1-2H3/b8-6-,13-11-,14-12-,19-17-,20-18-,25-23-,26-24-. The molecule has 0 aliphatic heterocycles. The van der Waals surface area contributed by atoms with Gasteiger partial charge in [-0.15, -0.1) is 0 Å². The molecule has 0 radical (unpaired) electrons. The molecule has 1 unspecified atom stereocenters. The molecule has 0 saturated heterocycles. The Labute approximate surface area is 320 Å². The molecule has 0 amide bonds. The number of hydrogen-bond donors (Lipinski definition) is 1. The van der Waals surface area contributed by atoms with E-state index in [0.717, 1.165) is 89.9 Å². The van der Waals surface area contributed by atoms with Crippen molar-refractivity contribution >= 4 is 11.9 Å². The second-order valence-electron chi connectivity index (χ2n) is 13.7. The molecule has 0 aromatic rings. The number of hydrogen-bond acceptors (Lipinski definition) is 5. The van der Waals surface area contributed by atoms with E-state index < -0.39 is 6.10 Å². The van der Waals surface area contributed by atoms with E-state index in [4.69, 9.17) is 9.47 Å². The third-order valence-electron chi connectivity index (χ3n) is 8.67. The molecule has 5 heteroatoms. The lowest BCUT2D eigenvalue weighted by molar-refractivity contribution is -0.161. The van der Waals surface area contributed by atoms with Crippen LogP contribution in [0.4, 0.5) is 0 Å². The van der Waals surface area contributed by atoms with Gasteiger partial charge in [0.25, 0.3) is 0 Å². The fourth-order valence-electron chi connectivity index (χ4n) is 5.49. The number of aliphatic hydroxyl groups excluding tert-OH is 1. The number of aliphatic hydroxyl groups is 1. The average molecular weight is 723 g/mol. The summed E-state index contributed by atoms with van der Waals surface area (Å²) in [7, 11) is 0. The van der Waals surface area contributed by atoms with E-state index in [1.807, 2.05) is 0 Å². The van der Waals surface area contributed by atoms with Crippen molar-refractivity contribution in [3.63, 3.8) is 0 Å². The Kier molecular flexibility index (Phi) is 40.1. The first-order chi connectivity index (χ1) is 25.6. The molecule has 0 saturated carbocycles. The van der Waals surface area contributed by atoms with Crippen molar-refractivity contribution in [3.05, 3.63) is 85.1 Å². The minimum absolute atomic E-state index is 0.0835. The van der Waals surface area contributed by atoms with Crippen molar-refractivity contribution in [3.8, 4) is 0 Å². The summed E-state index contributed by atoms with van der Waals surface area (Å²) in [5.74, 6) is -0.628. The van der Waals surface area contributed by atoms with Gasteiger partial charge in [0.1, 0.15) is 6.61 Å². The predicted octanol–water partition coefficient (Wildman–Crippen LogP) is 13.5. The molecule has 0 fully saturated rings. The number of allylic oxidation sites excluding steroid dienone is 14. The predicted molar refractivity (Wildman–Crippen MR) is 223 cm³/mol. The Morgan fingerprint density at radius 1 is 0.462 bits per heavy atom. The zero-order valence-electron chi connectivity index (χ0n) is 33.5. The molecule has 296 valence electrons. The van der Waals surface area contributed by atoms with Gasteiger partial charge in [-0.1, -0.05) is 163 Å².